The van der Waals surface area contributed by atoms with Gasteiger partial charge in [0.05, 0.1) is 0 Å². The third-order valence-electron chi connectivity index (χ3n) is 4.20. The quantitative estimate of drug-likeness (QED) is 0.909. The van der Waals surface area contributed by atoms with Gasteiger partial charge >= 0.3 is 0 Å². The molecule has 3 rings (SSSR count). The Labute approximate surface area is 123 Å². The van der Waals surface area contributed by atoms with E-state index in [1.165, 1.54) is 12.1 Å². The third kappa shape index (κ3) is 3.49. The molecule has 1 saturated heterocycles. The number of aromatic nitrogens is 2. The molecule has 1 aliphatic heterocycles. The molecule has 0 spiro atoms. The molecule has 0 radical (unpaired) electrons. The predicted octanol–water partition coefficient (Wildman–Crippen LogP) is 2.49. The largest absolute Gasteiger partial charge is 0.385 e. The van der Waals surface area contributed by atoms with Crippen molar-refractivity contribution in [2.75, 3.05) is 13.1 Å². The van der Waals surface area contributed by atoms with Crippen LogP contribution >= 0.6 is 0 Å². The van der Waals surface area contributed by atoms with Gasteiger partial charge in [-0.25, -0.2) is 9.37 Å². The minimum Gasteiger partial charge on any atom is -0.385 e. The molecule has 21 heavy (non-hydrogen) atoms. The predicted molar refractivity (Wildman–Crippen MR) is 77.9 cm³/mol. The number of aromatic amines is 1. The maximum atomic E-state index is 12.9. The van der Waals surface area contributed by atoms with Gasteiger partial charge in [-0.15, -0.1) is 0 Å². The summed E-state index contributed by atoms with van der Waals surface area (Å²) in [6.07, 6.45) is 4.80. The lowest BCUT2D eigenvalue weighted by Gasteiger charge is -2.33. The molecular weight excluding hydrogens is 269 g/mol. The van der Waals surface area contributed by atoms with Gasteiger partial charge in [0, 0.05) is 18.9 Å². The van der Waals surface area contributed by atoms with Crippen molar-refractivity contribution in [2.45, 2.75) is 25.5 Å². The summed E-state index contributed by atoms with van der Waals surface area (Å²) in [4.78, 5) is 9.46. The lowest BCUT2D eigenvalue weighted by Crippen LogP contribution is -2.35. The van der Waals surface area contributed by atoms with E-state index in [9.17, 15) is 9.50 Å². The molecule has 1 aliphatic rings. The molecule has 2 aromatic rings. The van der Waals surface area contributed by atoms with Crippen LogP contribution in [0.5, 0.6) is 0 Å². The minimum atomic E-state index is -0.507. The molecule has 2 N–H and O–H groups in total. The first-order valence-electron chi connectivity index (χ1n) is 7.36. The molecule has 1 fully saturated rings. The molecule has 1 unspecified atom stereocenters. The van der Waals surface area contributed by atoms with Crippen LogP contribution in [-0.2, 0) is 6.54 Å². The van der Waals surface area contributed by atoms with E-state index < -0.39 is 6.10 Å². The van der Waals surface area contributed by atoms with Crippen molar-refractivity contribution in [3.8, 4) is 0 Å². The van der Waals surface area contributed by atoms with E-state index >= 15 is 0 Å². The summed E-state index contributed by atoms with van der Waals surface area (Å²) >= 11 is 0. The van der Waals surface area contributed by atoms with Crippen molar-refractivity contribution < 1.29 is 9.50 Å². The maximum absolute atomic E-state index is 12.9. The van der Waals surface area contributed by atoms with Crippen molar-refractivity contribution >= 4 is 0 Å². The van der Waals surface area contributed by atoms with Gasteiger partial charge in [-0.05, 0) is 49.5 Å². The first-order chi connectivity index (χ1) is 10.2. The van der Waals surface area contributed by atoms with Crippen molar-refractivity contribution in [3.63, 3.8) is 0 Å². The number of imidazole rings is 1. The van der Waals surface area contributed by atoms with Gasteiger partial charge in [0.1, 0.15) is 17.7 Å². The number of halogens is 1. The fourth-order valence-electron chi connectivity index (χ4n) is 2.94. The zero-order chi connectivity index (χ0) is 14.7. The van der Waals surface area contributed by atoms with Crippen LogP contribution in [0.1, 0.15) is 30.3 Å². The first-order valence-corrected chi connectivity index (χ1v) is 7.36. The number of nitrogens with one attached hydrogen (secondary N) is 1. The third-order valence-corrected chi connectivity index (χ3v) is 4.20. The Balaban J connectivity index is 1.52. The SMILES string of the molecule is OC(c1ncc[nH]1)C1CCN(Cc2ccc(F)cc2)CC1. The summed E-state index contributed by atoms with van der Waals surface area (Å²) in [6, 6.07) is 6.67. The molecule has 112 valence electrons. The second kappa shape index (κ2) is 6.37. The topological polar surface area (TPSA) is 52.2 Å². The number of benzene rings is 1. The van der Waals surface area contributed by atoms with Crippen molar-refractivity contribution in [1.82, 2.24) is 14.9 Å². The van der Waals surface area contributed by atoms with E-state index in [-0.39, 0.29) is 11.7 Å². The molecule has 5 heteroatoms. The van der Waals surface area contributed by atoms with Crippen LogP contribution in [-0.4, -0.2) is 33.1 Å². The summed E-state index contributed by atoms with van der Waals surface area (Å²) in [5.41, 5.74) is 1.13. The number of rotatable bonds is 4. The molecule has 2 heterocycles. The Bertz CT molecular complexity index is 547. The Morgan fingerprint density at radius 3 is 2.62 bits per heavy atom. The smallest absolute Gasteiger partial charge is 0.135 e. The summed E-state index contributed by atoms with van der Waals surface area (Å²) in [5.74, 6) is 0.714. The van der Waals surface area contributed by atoms with Crippen molar-refractivity contribution in [2.24, 2.45) is 5.92 Å². The second-order valence-corrected chi connectivity index (χ2v) is 5.66. The number of likely N-dealkylation sites (tertiary alicyclic amines) is 1. The van der Waals surface area contributed by atoms with Crippen LogP contribution in [0.25, 0.3) is 0 Å². The van der Waals surface area contributed by atoms with Crippen LogP contribution in [0.4, 0.5) is 4.39 Å². The Hall–Kier alpha value is -1.72. The first kappa shape index (κ1) is 14.2. The summed E-state index contributed by atoms with van der Waals surface area (Å²) in [7, 11) is 0. The van der Waals surface area contributed by atoms with E-state index in [0.29, 0.717) is 5.82 Å². The van der Waals surface area contributed by atoms with E-state index in [2.05, 4.69) is 14.9 Å². The standard InChI is InChI=1S/C16H20FN3O/c17-14-3-1-12(2-4-14)11-20-9-5-13(6-10-20)15(21)16-18-7-8-19-16/h1-4,7-8,13,15,21H,5-6,9-11H2,(H,18,19). The lowest BCUT2D eigenvalue weighted by molar-refractivity contribution is 0.0515. The van der Waals surface area contributed by atoms with Crippen LogP contribution in [0.2, 0.25) is 0 Å². The Kier molecular flexibility index (Phi) is 4.31. The normalized spacial score (nSPS) is 18.8. The fraction of sp³-hybridized carbons (Fsp3) is 0.438. The second-order valence-electron chi connectivity index (χ2n) is 5.66. The molecule has 0 saturated carbocycles. The number of hydrogen-bond donors (Lipinski definition) is 2. The highest BCUT2D eigenvalue weighted by Crippen LogP contribution is 2.29. The van der Waals surface area contributed by atoms with Crippen molar-refractivity contribution in [1.29, 1.82) is 0 Å². The van der Waals surface area contributed by atoms with E-state index in [1.807, 2.05) is 12.1 Å². The fourth-order valence-corrected chi connectivity index (χ4v) is 2.94. The maximum Gasteiger partial charge on any atom is 0.135 e. The minimum absolute atomic E-state index is 0.195. The Morgan fingerprint density at radius 1 is 1.29 bits per heavy atom. The number of hydrogen-bond acceptors (Lipinski definition) is 3. The molecule has 0 amide bonds. The van der Waals surface area contributed by atoms with E-state index in [0.717, 1.165) is 38.0 Å². The monoisotopic (exact) mass is 289 g/mol. The molecule has 1 aromatic carbocycles. The lowest BCUT2D eigenvalue weighted by atomic mass is 9.90. The van der Waals surface area contributed by atoms with Gasteiger partial charge < -0.3 is 10.1 Å². The number of aliphatic hydroxyl groups is 1. The van der Waals surface area contributed by atoms with E-state index in [1.54, 1.807) is 12.4 Å². The van der Waals surface area contributed by atoms with Gasteiger partial charge in [-0.2, -0.15) is 0 Å². The summed E-state index contributed by atoms with van der Waals surface area (Å²) < 4.78 is 12.9. The zero-order valence-electron chi connectivity index (χ0n) is 11.9. The van der Waals surface area contributed by atoms with Crippen LogP contribution < -0.4 is 0 Å². The average molecular weight is 289 g/mol. The van der Waals surface area contributed by atoms with Crippen molar-refractivity contribution in [3.05, 3.63) is 53.9 Å². The van der Waals surface area contributed by atoms with Gasteiger partial charge in [0.25, 0.3) is 0 Å². The molecule has 0 aliphatic carbocycles. The average Bonchev–Trinajstić information content (AvgIpc) is 3.04. The van der Waals surface area contributed by atoms with Gasteiger partial charge in [-0.1, -0.05) is 12.1 Å². The Morgan fingerprint density at radius 2 is 2.00 bits per heavy atom. The number of H-pyrrole nitrogens is 1. The molecule has 1 aromatic heterocycles. The van der Waals surface area contributed by atoms with Crippen LogP contribution in [0.3, 0.4) is 0 Å². The molecule has 4 nitrogen and oxygen atoms in total. The van der Waals surface area contributed by atoms with Gasteiger partial charge in [0.2, 0.25) is 0 Å². The zero-order valence-corrected chi connectivity index (χ0v) is 11.9. The highest BCUT2D eigenvalue weighted by Gasteiger charge is 2.27. The summed E-state index contributed by atoms with van der Waals surface area (Å²) in [5, 5.41) is 10.3. The molecule has 1 atom stereocenters. The highest BCUT2D eigenvalue weighted by atomic mass is 19.1. The van der Waals surface area contributed by atoms with Gasteiger partial charge in [-0.3, -0.25) is 4.90 Å². The summed E-state index contributed by atoms with van der Waals surface area (Å²) in [6.45, 7) is 2.73. The van der Waals surface area contributed by atoms with Crippen LogP contribution in [0, 0.1) is 11.7 Å². The van der Waals surface area contributed by atoms with Crippen LogP contribution in [0.15, 0.2) is 36.7 Å². The number of nitrogens with zero attached hydrogens (tertiary/aromatic N) is 2. The van der Waals surface area contributed by atoms with E-state index in [4.69, 9.17) is 0 Å². The molecular formula is C16H20FN3O. The van der Waals surface area contributed by atoms with Gasteiger partial charge in [0.15, 0.2) is 0 Å². The number of piperidine rings is 1. The highest BCUT2D eigenvalue weighted by molar-refractivity contribution is 5.16. The molecule has 0 bridgehead atoms. The number of aliphatic hydroxyl groups excluding tert-OH is 1.